The lowest BCUT2D eigenvalue weighted by molar-refractivity contribution is 0.783. The number of nitrogens with one attached hydrogen (secondary N) is 1. The number of fused-ring (bicyclic) bond motifs is 1. The lowest BCUT2D eigenvalue weighted by atomic mass is 10.2. The number of aryl methyl sites for hydroxylation is 2. The first-order chi connectivity index (χ1) is 9.63. The smallest absolute Gasteiger partial charge is 0.0702 e. The molecule has 0 bridgehead atoms. The van der Waals surface area contributed by atoms with Crippen LogP contribution in [0.2, 0.25) is 5.02 Å². The van der Waals surface area contributed by atoms with Crippen LogP contribution in [0.1, 0.15) is 11.3 Å². The van der Waals surface area contributed by atoms with Crippen molar-refractivity contribution in [2.75, 3.05) is 5.32 Å². The number of aromatic nitrogens is 2. The summed E-state index contributed by atoms with van der Waals surface area (Å²) in [5.74, 6) is 0. The third-order valence-electron chi connectivity index (χ3n) is 3.45. The van der Waals surface area contributed by atoms with E-state index in [-0.39, 0.29) is 0 Å². The first kappa shape index (κ1) is 13.0. The molecular formula is C16H16ClN3. The summed E-state index contributed by atoms with van der Waals surface area (Å²) < 4.78 is 1.91. The van der Waals surface area contributed by atoms with Crippen molar-refractivity contribution in [1.82, 2.24) is 9.78 Å². The molecule has 2 aromatic carbocycles. The Morgan fingerprint density at radius 1 is 1.15 bits per heavy atom. The fourth-order valence-electron chi connectivity index (χ4n) is 2.35. The van der Waals surface area contributed by atoms with Gasteiger partial charge in [-0.05, 0) is 42.8 Å². The summed E-state index contributed by atoms with van der Waals surface area (Å²) in [6.07, 6.45) is 0. The van der Waals surface area contributed by atoms with Crippen LogP contribution in [0.25, 0.3) is 10.9 Å². The van der Waals surface area contributed by atoms with E-state index in [4.69, 9.17) is 11.6 Å². The highest BCUT2D eigenvalue weighted by Gasteiger charge is 2.05. The van der Waals surface area contributed by atoms with Gasteiger partial charge >= 0.3 is 0 Å². The molecule has 0 fully saturated rings. The average molecular weight is 286 g/mol. The Morgan fingerprint density at radius 2 is 1.90 bits per heavy atom. The van der Waals surface area contributed by atoms with Gasteiger partial charge < -0.3 is 5.32 Å². The average Bonchev–Trinajstić information content (AvgIpc) is 2.73. The minimum atomic E-state index is 0.764. The van der Waals surface area contributed by atoms with E-state index in [1.807, 2.05) is 42.9 Å². The van der Waals surface area contributed by atoms with Gasteiger partial charge in [0.2, 0.25) is 0 Å². The van der Waals surface area contributed by atoms with E-state index in [1.165, 1.54) is 10.9 Å². The molecule has 1 aromatic heterocycles. The molecule has 4 heteroatoms. The van der Waals surface area contributed by atoms with Crippen LogP contribution in [0, 0.1) is 6.92 Å². The lowest BCUT2D eigenvalue weighted by Gasteiger charge is -2.07. The van der Waals surface area contributed by atoms with Crippen molar-refractivity contribution in [3.63, 3.8) is 0 Å². The van der Waals surface area contributed by atoms with Gasteiger partial charge in [0.05, 0.1) is 11.2 Å². The van der Waals surface area contributed by atoms with E-state index in [2.05, 4.69) is 28.6 Å². The van der Waals surface area contributed by atoms with E-state index < -0.39 is 0 Å². The van der Waals surface area contributed by atoms with Crippen LogP contribution in [-0.2, 0) is 13.6 Å². The van der Waals surface area contributed by atoms with E-state index in [9.17, 15) is 0 Å². The number of benzene rings is 2. The second-order valence-corrected chi connectivity index (χ2v) is 5.36. The molecule has 1 heterocycles. The molecule has 0 saturated carbocycles. The highest BCUT2D eigenvalue weighted by Crippen LogP contribution is 2.22. The first-order valence-corrected chi connectivity index (χ1v) is 6.93. The van der Waals surface area contributed by atoms with Gasteiger partial charge in [-0.3, -0.25) is 4.68 Å². The van der Waals surface area contributed by atoms with Gasteiger partial charge in [-0.2, -0.15) is 5.10 Å². The zero-order valence-corrected chi connectivity index (χ0v) is 12.3. The highest BCUT2D eigenvalue weighted by atomic mass is 35.5. The molecule has 0 spiro atoms. The molecule has 0 aliphatic rings. The van der Waals surface area contributed by atoms with E-state index >= 15 is 0 Å². The zero-order chi connectivity index (χ0) is 14.1. The van der Waals surface area contributed by atoms with Crippen molar-refractivity contribution in [3.05, 3.63) is 58.7 Å². The molecule has 0 saturated heterocycles. The molecule has 1 N–H and O–H groups in total. The SMILES string of the molecule is Cc1nn(C)c2cc(NCc3ccc(Cl)cc3)ccc12. The largest absolute Gasteiger partial charge is 0.381 e. The number of halogens is 1. The first-order valence-electron chi connectivity index (χ1n) is 6.55. The van der Waals surface area contributed by atoms with Gasteiger partial charge in [-0.1, -0.05) is 23.7 Å². The topological polar surface area (TPSA) is 29.9 Å². The molecule has 0 atom stereocenters. The van der Waals surface area contributed by atoms with Crippen LogP contribution < -0.4 is 5.32 Å². The molecule has 102 valence electrons. The Hall–Kier alpha value is -2.00. The summed E-state index contributed by atoms with van der Waals surface area (Å²) in [5, 5.41) is 9.82. The monoisotopic (exact) mass is 285 g/mol. The molecule has 0 unspecified atom stereocenters. The highest BCUT2D eigenvalue weighted by molar-refractivity contribution is 6.30. The van der Waals surface area contributed by atoms with Gasteiger partial charge in [0.1, 0.15) is 0 Å². The van der Waals surface area contributed by atoms with Crippen molar-refractivity contribution in [2.45, 2.75) is 13.5 Å². The third kappa shape index (κ3) is 2.49. The molecule has 3 rings (SSSR count). The Morgan fingerprint density at radius 3 is 2.65 bits per heavy atom. The van der Waals surface area contributed by atoms with Crippen molar-refractivity contribution in [3.8, 4) is 0 Å². The Kier molecular flexibility index (Phi) is 3.36. The Bertz CT molecular complexity index is 744. The van der Waals surface area contributed by atoms with Gasteiger partial charge in [-0.25, -0.2) is 0 Å². The van der Waals surface area contributed by atoms with Crippen LogP contribution in [0.3, 0.4) is 0 Å². The minimum Gasteiger partial charge on any atom is -0.381 e. The van der Waals surface area contributed by atoms with Crippen LogP contribution in [0.15, 0.2) is 42.5 Å². The summed E-state index contributed by atoms with van der Waals surface area (Å²) in [4.78, 5) is 0. The summed E-state index contributed by atoms with van der Waals surface area (Å²) in [6.45, 7) is 2.81. The van der Waals surface area contributed by atoms with Gasteiger partial charge in [0, 0.05) is 29.7 Å². The molecule has 3 aromatic rings. The van der Waals surface area contributed by atoms with E-state index in [0.29, 0.717) is 0 Å². The number of nitrogens with zero attached hydrogens (tertiary/aromatic N) is 2. The minimum absolute atomic E-state index is 0.764. The molecule has 0 radical (unpaired) electrons. The Labute approximate surface area is 123 Å². The Balaban J connectivity index is 1.80. The predicted octanol–water partition coefficient (Wildman–Crippen LogP) is 4.15. The number of hydrogen-bond acceptors (Lipinski definition) is 2. The number of rotatable bonds is 3. The van der Waals surface area contributed by atoms with Crippen molar-refractivity contribution < 1.29 is 0 Å². The quantitative estimate of drug-likeness (QED) is 0.783. The van der Waals surface area contributed by atoms with Crippen molar-refractivity contribution in [1.29, 1.82) is 0 Å². The lowest BCUT2D eigenvalue weighted by Crippen LogP contribution is -1.99. The molecule has 0 aliphatic heterocycles. The summed E-state index contributed by atoms with van der Waals surface area (Å²) in [5.41, 5.74) is 4.50. The molecule has 20 heavy (non-hydrogen) atoms. The fourth-order valence-corrected chi connectivity index (χ4v) is 2.48. The maximum absolute atomic E-state index is 5.88. The third-order valence-corrected chi connectivity index (χ3v) is 3.70. The summed E-state index contributed by atoms with van der Waals surface area (Å²) >= 11 is 5.88. The molecule has 0 amide bonds. The summed E-state index contributed by atoms with van der Waals surface area (Å²) in [7, 11) is 1.97. The maximum Gasteiger partial charge on any atom is 0.0702 e. The van der Waals surface area contributed by atoms with Crippen LogP contribution in [0.5, 0.6) is 0 Å². The van der Waals surface area contributed by atoms with Crippen LogP contribution in [0.4, 0.5) is 5.69 Å². The molecule has 3 nitrogen and oxygen atoms in total. The van der Waals surface area contributed by atoms with E-state index in [1.54, 1.807) is 0 Å². The standard InChI is InChI=1S/C16H16ClN3/c1-11-15-8-7-14(9-16(15)20(2)19-11)18-10-12-3-5-13(17)6-4-12/h3-9,18H,10H2,1-2H3. The second kappa shape index (κ2) is 5.17. The van der Waals surface area contributed by atoms with Gasteiger partial charge in [0.25, 0.3) is 0 Å². The van der Waals surface area contributed by atoms with Gasteiger partial charge in [0.15, 0.2) is 0 Å². The number of hydrogen-bond donors (Lipinski definition) is 1. The van der Waals surface area contributed by atoms with Crippen LogP contribution >= 0.6 is 11.6 Å². The second-order valence-electron chi connectivity index (χ2n) is 4.92. The van der Waals surface area contributed by atoms with Gasteiger partial charge in [-0.15, -0.1) is 0 Å². The fraction of sp³-hybridized carbons (Fsp3) is 0.188. The molecular weight excluding hydrogens is 270 g/mol. The zero-order valence-electron chi connectivity index (χ0n) is 11.5. The van der Waals surface area contributed by atoms with Crippen molar-refractivity contribution >= 4 is 28.2 Å². The van der Waals surface area contributed by atoms with Crippen LogP contribution in [-0.4, -0.2) is 9.78 Å². The van der Waals surface area contributed by atoms with Crippen molar-refractivity contribution in [2.24, 2.45) is 7.05 Å². The summed E-state index contributed by atoms with van der Waals surface area (Å²) in [6, 6.07) is 14.2. The maximum atomic E-state index is 5.88. The number of anilines is 1. The molecule has 0 aliphatic carbocycles. The normalized spacial score (nSPS) is 10.9. The van der Waals surface area contributed by atoms with E-state index in [0.717, 1.165) is 28.5 Å². The predicted molar refractivity (Wildman–Crippen MR) is 84.2 cm³/mol.